The first kappa shape index (κ1) is 11.8. The lowest BCUT2D eigenvalue weighted by atomic mass is 10.1. The van der Waals surface area contributed by atoms with Crippen molar-refractivity contribution in [2.24, 2.45) is 5.92 Å². The summed E-state index contributed by atoms with van der Waals surface area (Å²) in [5, 5.41) is 8.41. The van der Waals surface area contributed by atoms with E-state index in [0.717, 1.165) is 5.57 Å². The smallest absolute Gasteiger partial charge is 0.303 e. The number of carboxylic acids is 1. The summed E-state index contributed by atoms with van der Waals surface area (Å²) in [5.74, 6) is 5.50. The topological polar surface area (TPSA) is 37.3 Å². The van der Waals surface area contributed by atoms with E-state index >= 15 is 0 Å². The molecule has 0 aliphatic rings. The molecule has 0 amide bonds. The molecule has 0 saturated carbocycles. The van der Waals surface area contributed by atoms with Gasteiger partial charge in [-0.3, -0.25) is 4.79 Å². The maximum absolute atomic E-state index is 10.2. The second-order valence-corrected chi connectivity index (χ2v) is 3.33. The predicted octanol–water partition coefficient (Wildman–Crippen LogP) is 2.46. The zero-order valence-corrected chi connectivity index (χ0v) is 8.42. The normalized spacial score (nSPS) is 10.9. The largest absolute Gasteiger partial charge is 0.481 e. The fraction of sp³-hybridized carbons (Fsp3) is 0.545. The molecule has 0 unspecified atom stereocenters. The molecule has 0 heterocycles. The second-order valence-electron chi connectivity index (χ2n) is 3.33. The lowest BCUT2D eigenvalue weighted by Crippen LogP contribution is -1.93. The minimum Gasteiger partial charge on any atom is -0.481 e. The molecule has 0 fully saturated rings. The standard InChI is InChI=1S/C11H16O2/c1-9(2)5-4-6-10(3)7-8-11(12)13/h6,9H,7-8H2,1-3H3,(H,12,13)/b10-6-. The van der Waals surface area contributed by atoms with Gasteiger partial charge in [0.25, 0.3) is 0 Å². The van der Waals surface area contributed by atoms with Crippen molar-refractivity contribution in [3.63, 3.8) is 0 Å². The van der Waals surface area contributed by atoms with E-state index in [4.69, 9.17) is 5.11 Å². The summed E-state index contributed by atoms with van der Waals surface area (Å²) < 4.78 is 0. The van der Waals surface area contributed by atoms with E-state index in [2.05, 4.69) is 11.8 Å². The SMILES string of the molecule is C/C(=C/C#CC(C)C)CCC(=O)O. The Kier molecular flexibility index (Phi) is 5.71. The zero-order chi connectivity index (χ0) is 10.3. The molecule has 0 aliphatic heterocycles. The van der Waals surface area contributed by atoms with Crippen LogP contribution in [0, 0.1) is 17.8 Å². The molecule has 0 aromatic heterocycles. The molecule has 0 rings (SSSR count). The Morgan fingerprint density at radius 2 is 2.08 bits per heavy atom. The maximum atomic E-state index is 10.2. The van der Waals surface area contributed by atoms with Crippen LogP contribution in [0.15, 0.2) is 11.6 Å². The van der Waals surface area contributed by atoms with Crippen molar-refractivity contribution in [1.82, 2.24) is 0 Å². The average molecular weight is 180 g/mol. The molecule has 1 N–H and O–H groups in total. The highest BCUT2D eigenvalue weighted by atomic mass is 16.4. The Morgan fingerprint density at radius 3 is 2.54 bits per heavy atom. The molecule has 0 atom stereocenters. The molecule has 0 spiro atoms. The summed E-state index contributed by atoms with van der Waals surface area (Å²) in [7, 11) is 0. The van der Waals surface area contributed by atoms with Crippen molar-refractivity contribution in [2.45, 2.75) is 33.6 Å². The number of rotatable bonds is 3. The van der Waals surface area contributed by atoms with Crippen molar-refractivity contribution < 1.29 is 9.90 Å². The van der Waals surface area contributed by atoms with E-state index in [9.17, 15) is 4.79 Å². The molecule has 0 saturated heterocycles. The van der Waals surface area contributed by atoms with Gasteiger partial charge in [-0.25, -0.2) is 0 Å². The number of aliphatic carboxylic acids is 1. The van der Waals surface area contributed by atoms with Crippen LogP contribution < -0.4 is 0 Å². The van der Waals surface area contributed by atoms with Crippen LogP contribution in [0.1, 0.15) is 33.6 Å². The van der Waals surface area contributed by atoms with Gasteiger partial charge in [-0.05, 0) is 19.4 Å². The molecule has 72 valence electrons. The van der Waals surface area contributed by atoms with E-state index in [0.29, 0.717) is 12.3 Å². The van der Waals surface area contributed by atoms with Crippen LogP contribution in [0.2, 0.25) is 0 Å². The minimum absolute atomic E-state index is 0.186. The summed E-state index contributed by atoms with van der Waals surface area (Å²) >= 11 is 0. The monoisotopic (exact) mass is 180 g/mol. The van der Waals surface area contributed by atoms with Gasteiger partial charge in [-0.1, -0.05) is 31.3 Å². The van der Waals surface area contributed by atoms with Gasteiger partial charge >= 0.3 is 5.97 Å². The Hall–Kier alpha value is -1.23. The third kappa shape index (κ3) is 8.68. The number of carboxylic acid groups (broad SMARTS) is 1. The number of allylic oxidation sites excluding steroid dienone is 2. The highest BCUT2D eigenvalue weighted by Crippen LogP contribution is 2.02. The van der Waals surface area contributed by atoms with Crippen LogP contribution in [0.3, 0.4) is 0 Å². The fourth-order valence-electron chi connectivity index (χ4n) is 0.708. The molecule has 2 heteroatoms. The summed E-state index contributed by atoms with van der Waals surface area (Å²) in [4.78, 5) is 10.2. The van der Waals surface area contributed by atoms with Gasteiger partial charge in [0, 0.05) is 12.3 Å². The number of carbonyl (C=O) groups is 1. The number of hydrogen-bond acceptors (Lipinski definition) is 1. The van der Waals surface area contributed by atoms with Crippen molar-refractivity contribution in [3.05, 3.63) is 11.6 Å². The van der Waals surface area contributed by atoms with Crippen molar-refractivity contribution in [2.75, 3.05) is 0 Å². The van der Waals surface area contributed by atoms with Crippen LogP contribution in [0.5, 0.6) is 0 Å². The molecule has 0 aromatic rings. The van der Waals surface area contributed by atoms with Crippen LogP contribution in [-0.2, 0) is 4.79 Å². The lowest BCUT2D eigenvalue weighted by molar-refractivity contribution is -0.136. The van der Waals surface area contributed by atoms with E-state index in [1.807, 2.05) is 20.8 Å². The van der Waals surface area contributed by atoms with Gasteiger partial charge in [0.2, 0.25) is 0 Å². The third-order valence-corrected chi connectivity index (χ3v) is 1.42. The molecule has 13 heavy (non-hydrogen) atoms. The first-order chi connectivity index (χ1) is 6.02. The Labute approximate surface area is 79.7 Å². The Balaban J connectivity index is 3.91. The van der Waals surface area contributed by atoms with Crippen LogP contribution in [-0.4, -0.2) is 11.1 Å². The first-order valence-corrected chi connectivity index (χ1v) is 4.41. The first-order valence-electron chi connectivity index (χ1n) is 4.41. The van der Waals surface area contributed by atoms with E-state index in [1.54, 1.807) is 6.08 Å². The van der Waals surface area contributed by atoms with Gasteiger partial charge in [-0.2, -0.15) is 0 Å². The predicted molar refractivity (Wildman–Crippen MR) is 53.2 cm³/mol. The fourth-order valence-corrected chi connectivity index (χ4v) is 0.708. The summed E-state index contributed by atoms with van der Waals surface area (Å²) in [6.45, 7) is 5.94. The molecular weight excluding hydrogens is 164 g/mol. The van der Waals surface area contributed by atoms with Crippen LogP contribution in [0.25, 0.3) is 0 Å². The van der Waals surface area contributed by atoms with Crippen molar-refractivity contribution in [3.8, 4) is 11.8 Å². The summed E-state index contributed by atoms with van der Waals surface area (Å²) in [6, 6.07) is 0. The van der Waals surface area contributed by atoms with Crippen molar-refractivity contribution in [1.29, 1.82) is 0 Å². The van der Waals surface area contributed by atoms with Crippen LogP contribution >= 0.6 is 0 Å². The van der Waals surface area contributed by atoms with E-state index < -0.39 is 5.97 Å². The second kappa shape index (κ2) is 6.30. The van der Waals surface area contributed by atoms with Gasteiger partial charge in [0.05, 0.1) is 0 Å². The molecule has 0 radical (unpaired) electrons. The maximum Gasteiger partial charge on any atom is 0.303 e. The van der Waals surface area contributed by atoms with Crippen molar-refractivity contribution >= 4 is 5.97 Å². The number of hydrogen-bond donors (Lipinski definition) is 1. The molecule has 0 aromatic carbocycles. The molecule has 0 aliphatic carbocycles. The van der Waals surface area contributed by atoms with Gasteiger partial charge in [-0.15, -0.1) is 0 Å². The molecular formula is C11H16O2. The highest BCUT2D eigenvalue weighted by Gasteiger charge is 1.96. The zero-order valence-electron chi connectivity index (χ0n) is 8.42. The highest BCUT2D eigenvalue weighted by molar-refractivity contribution is 5.67. The Morgan fingerprint density at radius 1 is 1.46 bits per heavy atom. The average Bonchev–Trinajstić information content (AvgIpc) is 2.00. The summed E-state index contributed by atoms with van der Waals surface area (Å²) in [5.41, 5.74) is 1.02. The van der Waals surface area contributed by atoms with E-state index in [1.165, 1.54) is 0 Å². The van der Waals surface area contributed by atoms with Crippen LogP contribution in [0.4, 0.5) is 0 Å². The molecule has 0 bridgehead atoms. The van der Waals surface area contributed by atoms with E-state index in [-0.39, 0.29) is 6.42 Å². The lowest BCUT2D eigenvalue weighted by Gasteiger charge is -1.94. The molecule has 2 nitrogen and oxygen atoms in total. The summed E-state index contributed by atoms with van der Waals surface area (Å²) in [6.07, 6.45) is 2.57. The Bertz CT molecular complexity index is 251. The van der Waals surface area contributed by atoms with Gasteiger partial charge in [0.1, 0.15) is 0 Å². The third-order valence-electron chi connectivity index (χ3n) is 1.42. The van der Waals surface area contributed by atoms with Gasteiger partial charge < -0.3 is 5.11 Å². The van der Waals surface area contributed by atoms with Gasteiger partial charge in [0.15, 0.2) is 0 Å². The minimum atomic E-state index is -0.760. The quantitative estimate of drug-likeness (QED) is 0.677.